The van der Waals surface area contributed by atoms with Gasteiger partial charge >= 0.3 is 0 Å². The number of rotatable bonds is 5. The van der Waals surface area contributed by atoms with Crippen LogP contribution < -0.4 is 0 Å². The molecule has 1 nitrogen and oxygen atoms in total. The fraction of sp³-hybridized carbons (Fsp3) is 0.368. The summed E-state index contributed by atoms with van der Waals surface area (Å²) in [6, 6.07) is 7.74. The Balaban J connectivity index is 3.28. The van der Waals surface area contributed by atoms with E-state index in [4.69, 9.17) is 11.6 Å². The zero-order chi connectivity index (χ0) is 16.2. The molecule has 21 heavy (non-hydrogen) atoms. The van der Waals surface area contributed by atoms with E-state index in [1.54, 1.807) is 0 Å². The Labute approximate surface area is 133 Å². The van der Waals surface area contributed by atoms with E-state index >= 15 is 0 Å². The third kappa shape index (κ3) is 4.78. The molecule has 1 N–H and O–H groups in total. The lowest BCUT2D eigenvalue weighted by atomic mass is 9.92. The highest BCUT2D eigenvalue weighted by atomic mass is 35.5. The predicted octanol–water partition coefficient (Wildman–Crippen LogP) is 6.42. The lowest BCUT2D eigenvalue weighted by Gasteiger charge is -2.16. The molecule has 1 rings (SSSR count). The summed E-state index contributed by atoms with van der Waals surface area (Å²) in [5.74, 6) is 0.745. The maximum atomic E-state index is 10.5. The Hall–Kier alpha value is -1.47. The van der Waals surface area contributed by atoms with E-state index in [1.807, 2.05) is 51.1 Å². The van der Waals surface area contributed by atoms with Gasteiger partial charge < -0.3 is 5.11 Å². The molecule has 0 aliphatic rings. The van der Waals surface area contributed by atoms with Crippen molar-refractivity contribution in [2.24, 2.45) is 11.8 Å². The molecule has 1 aromatic rings. The maximum Gasteiger partial charge on any atom is 0.121 e. The molecule has 0 aliphatic heterocycles. The van der Waals surface area contributed by atoms with Gasteiger partial charge in [-0.05, 0) is 53.2 Å². The van der Waals surface area contributed by atoms with Gasteiger partial charge in [0.25, 0.3) is 0 Å². The molecule has 114 valence electrons. The van der Waals surface area contributed by atoms with Crippen LogP contribution in [0, 0.1) is 11.8 Å². The SMILES string of the molecule is C=C(/C(O)=C(\C=C(/C)c1cccc(Cl)c1)C(C)C)C(C)C. The summed E-state index contributed by atoms with van der Waals surface area (Å²) in [5.41, 5.74) is 3.81. The molecule has 0 fully saturated rings. The molecule has 0 amide bonds. The minimum absolute atomic E-state index is 0.217. The van der Waals surface area contributed by atoms with E-state index < -0.39 is 0 Å². The molecule has 0 heterocycles. The lowest BCUT2D eigenvalue weighted by molar-refractivity contribution is 0.399. The van der Waals surface area contributed by atoms with Gasteiger partial charge in [0.1, 0.15) is 5.76 Å². The average Bonchev–Trinajstić information content (AvgIpc) is 2.42. The average molecular weight is 305 g/mol. The van der Waals surface area contributed by atoms with Gasteiger partial charge in [-0.3, -0.25) is 0 Å². The molecule has 2 heteroatoms. The molecule has 0 atom stereocenters. The molecule has 0 saturated carbocycles. The van der Waals surface area contributed by atoms with Gasteiger partial charge in [-0.2, -0.15) is 0 Å². The van der Waals surface area contributed by atoms with Crippen molar-refractivity contribution in [3.05, 3.63) is 64.4 Å². The predicted molar refractivity (Wildman–Crippen MR) is 93.6 cm³/mol. The van der Waals surface area contributed by atoms with E-state index in [1.165, 1.54) is 0 Å². The molecule has 0 aromatic heterocycles. The first kappa shape index (κ1) is 17.6. The van der Waals surface area contributed by atoms with Crippen molar-refractivity contribution in [2.75, 3.05) is 0 Å². The van der Waals surface area contributed by atoms with Crippen LogP contribution in [0.2, 0.25) is 5.02 Å². The summed E-state index contributed by atoms with van der Waals surface area (Å²) in [6.45, 7) is 14.2. The third-order valence-corrected chi connectivity index (χ3v) is 3.78. The molecule has 0 saturated heterocycles. The van der Waals surface area contributed by atoms with Crippen molar-refractivity contribution >= 4 is 17.2 Å². The van der Waals surface area contributed by atoms with E-state index in [-0.39, 0.29) is 11.8 Å². The monoisotopic (exact) mass is 304 g/mol. The first-order chi connectivity index (χ1) is 9.73. The van der Waals surface area contributed by atoms with E-state index in [9.17, 15) is 5.11 Å². The van der Waals surface area contributed by atoms with Crippen LogP contribution in [0.15, 0.2) is 53.8 Å². The fourth-order valence-corrected chi connectivity index (χ4v) is 2.21. The summed E-state index contributed by atoms with van der Waals surface area (Å²) >= 11 is 6.04. The quantitative estimate of drug-likeness (QED) is 0.491. The molecular weight excluding hydrogens is 280 g/mol. The zero-order valence-corrected chi connectivity index (χ0v) is 14.3. The molecule has 0 spiro atoms. The van der Waals surface area contributed by atoms with Crippen LogP contribution in [-0.2, 0) is 0 Å². The van der Waals surface area contributed by atoms with Gasteiger partial charge in [0.2, 0.25) is 0 Å². The van der Waals surface area contributed by atoms with Crippen molar-refractivity contribution in [1.82, 2.24) is 0 Å². The summed E-state index contributed by atoms with van der Waals surface area (Å²) in [5, 5.41) is 11.2. The zero-order valence-electron chi connectivity index (χ0n) is 13.6. The minimum Gasteiger partial charge on any atom is -0.507 e. The number of hydrogen-bond donors (Lipinski definition) is 1. The van der Waals surface area contributed by atoms with Crippen molar-refractivity contribution in [2.45, 2.75) is 34.6 Å². The molecule has 0 unspecified atom stereocenters. The Kier molecular flexibility index (Phi) is 6.29. The third-order valence-electron chi connectivity index (χ3n) is 3.55. The standard InChI is InChI=1S/C19H25ClO/c1-12(2)15(6)19(21)18(13(3)4)10-14(5)16-8-7-9-17(20)11-16/h7-13,21H,6H2,1-5H3/b14-10+,19-18-. The Morgan fingerprint density at radius 2 is 1.81 bits per heavy atom. The largest absolute Gasteiger partial charge is 0.507 e. The van der Waals surface area contributed by atoms with Crippen LogP contribution >= 0.6 is 11.6 Å². The molecular formula is C19H25ClO. The van der Waals surface area contributed by atoms with E-state index in [2.05, 4.69) is 20.4 Å². The normalized spacial score (nSPS) is 13.6. The van der Waals surface area contributed by atoms with Gasteiger partial charge in [-0.1, -0.05) is 64.1 Å². The molecule has 0 radical (unpaired) electrons. The van der Waals surface area contributed by atoms with E-state index in [0.29, 0.717) is 10.8 Å². The Bertz CT molecular complexity index is 577. The first-order valence-corrected chi connectivity index (χ1v) is 7.68. The highest BCUT2D eigenvalue weighted by Crippen LogP contribution is 2.27. The van der Waals surface area contributed by atoms with Gasteiger partial charge in [0.05, 0.1) is 0 Å². The van der Waals surface area contributed by atoms with Gasteiger partial charge in [0.15, 0.2) is 0 Å². The molecule has 0 bridgehead atoms. The van der Waals surface area contributed by atoms with Crippen LogP contribution in [-0.4, -0.2) is 5.11 Å². The number of aliphatic hydroxyl groups is 1. The van der Waals surface area contributed by atoms with Crippen molar-refractivity contribution in [3.63, 3.8) is 0 Å². The highest BCUT2D eigenvalue weighted by molar-refractivity contribution is 6.30. The number of hydrogen-bond acceptors (Lipinski definition) is 1. The summed E-state index contributed by atoms with van der Waals surface area (Å²) in [7, 11) is 0. The number of benzene rings is 1. The summed E-state index contributed by atoms with van der Waals surface area (Å²) < 4.78 is 0. The number of halogens is 1. The maximum absolute atomic E-state index is 10.5. The highest BCUT2D eigenvalue weighted by Gasteiger charge is 2.14. The smallest absolute Gasteiger partial charge is 0.121 e. The van der Waals surface area contributed by atoms with Gasteiger partial charge in [-0.15, -0.1) is 0 Å². The van der Waals surface area contributed by atoms with Crippen molar-refractivity contribution in [3.8, 4) is 0 Å². The summed E-state index contributed by atoms with van der Waals surface area (Å²) in [4.78, 5) is 0. The second kappa shape index (κ2) is 7.51. The van der Waals surface area contributed by atoms with Crippen LogP contribution in [0.1, 0.15) is 40.2 Å². The molecule has 0 aliphatic carbocycles. The van der Waals surface area contributed by atoms with E-state index in [0.717, 1.165) is 22.3 Å². The topological polar surface area (TPSA) is 20.2 Å². The minimum atomic E-state index is 0.217. The summed E-state index contributed by atoms with van der Waals surface area (Å²) in [6.07, 6.45) is 2.03. The van der Waals surface area contributed by atoms with Crippen LogP contribution in [0.3, 0.4) is 0 Å². The van der Waals surface area contributed by atoms with Crippen LogP contribution in [0.25, 0.3) is 5.57 Å². The van der Waals surface area contributed by atoms with Gasteiger partial charge in [-0.25, -0.2) is 0 Å². The first-order valence-electron chi connectivity index (χ1n) is 7.30. The van der Waals surface area contributed by atoms with Gasteiger partial charge in [0, 0.05) is 5.02 Å². The van der Waals surface area contributed by atoms with Crippen LogP contribution in [0.4, 0.5) is 0 Å². The van der Waals surface area contributed by atoms with Crippen molar-refractivity contribution < 1.29 is 5.11 Å². The fourth-order valence-electron chi connectivity index (χ4n) is 2.02. The van der Waals surface area contributed by atoms with Crippen molar-refractivity contribution in [1.29, 1.82) is 0 Å². The second-order valence-electron chi connectivity index (χ2n) is 5.98. The molecule has 1 aromatic carbocycles. The Morgan fingerprint density at radius 1 is 1.19 bits per heavy atom. The van der Waals surface area contributed by atoms with Crippen LogP contribution in [0.5, 0.6) is 0 Å². The lowest BCUT2D eigenvalue weighted by Crippen LogP contribution is -2.04. The second-order valence-corrected chi connectivity index (χ2v) is 6.41. The number of aliphatic hydroxyl groups excluding tert-OH is 1. The number of allylic oxidation sites excluding steroid dienone is 4. The Morgan fingerprint density at radius 3 is 2.29 bits per heavy atom.